The van der Waals surface area contributed by atoms with Crippen LogP contribution in [0.2, 0.25) is 0 Å². The normalized spacial score (nSPS) is 22.9. The fraction of sp³-hybridized carbons (Fsp3) is 0.933. The van der Waals surface area contributed by atoms with Gasteiger partial charge in [0.15, 0.2) is 0 Å². The highest BCUT2D eigenvalue weighted by Gasteiger charge is 2.34. The molecule has 1 heterocycles. The summed E-state index contributed by atoms with van der Waals surface area (Å²) >= 11 is 2.03. The van der Waals surface area contributed by atoms with Crippen LogP contribution in [0.4, 0.5) is 4.79 Å². The first-order valence-corrected chi connectivity index (χ1v) is 8.92. The van der Waals surface area contributed by atoms with Crippen LogP contribution >= 0.6 is 11.8 Å². The van der Waals surface area contributed by atoms with Gasteiger partial charge in [0.05, 0.1) is 0 Å². The molecular weight excluding hydrogens is 272 g/mol. The van der Waals surface area contributed by atoms with Gasteiger partial charge < -0.3 is 15.0 Å². The number of amides is 1. The van der Waals surface area contributed by atoms with Crippen molar-refractivity contribution in [3.63, 3.8) is 0 Å². The number of carbonyl (C=O) groups excluding carboxylic acids is 1. The molecule has 1 amide bonds. The van der Waals surface area contributed by atoms with E-state index >= 15 is 0 Å². The Morgan fingerprint density at radius 2 is 2.10 bits per heavy atom. The highest BCUT2D eigenvalue weighted by Crippen LogP contribution is 2.28. The van der Waals surface area contributed by atoms with Gasteiger partial charge in [0.2, 0.25) is 0 Å². The first-order chi connectivity index (χ1) is 9.46. The van der Waals surface area contributed by atoms with E-state index in [4.69, 9.17) is 4.74 Å². The molecule has 1 atom stereocenters. The lowest BCUT2D eigenvalue weighted by atomic mass is 10.2. The van der Waals surface area contributed by atoms with Crippen LogP contribution in [-0.2, 0) is 4.74 Å². The number of nitrogens with zero attached hydrogens (tertiary/aromatic N) is 1. The first-order valence-electron chi connectivity index (χ1n) is 7.76. The molecule has 1 saturated carbocycles. The van der Waals surface area contributed by atoms with E-state index in [2.05, 4.69) is 5.32 Å². The summed E-state index contributed by atoms with van der Waals surface area (Å²) in [4.78, 5) is 14.1. The van der Waals surface area contributed by atoms with Crippen LogP contribution in [0.1, 0.15) is 46.5 Å². The molecule has 0 aromatic rings. The molecule has 0 spiro atoms. The van der Waals surface area contributed by atoms with E-state index in [1.165, 1.54) is 17.9 Å². The number of carbonyl (C=O) groups is 1. The zero-order valence-electron chi connectivity index (χ0n) is 13.0. The molecule has 1 saturated heterocycles. The molecule has 0 aromatic carbocycles. The minimum atomic E-state index is -0.399. The van der Waals surface area contributed by atoms with Gasteiger partial charge in [0.25, 0.3) is 0 Å². The molecule has 2 aliphatic rings. The molecule has 2 fully saturated rings. The minimum Gasteiger partial charge on any atom is -0.444 e. The van der Waals surface area contributed by atoms with Crippen LogP contribution in [0.3, 0.4) is 0 Å². The van der Waals surface area contributed by atoms with Crippen molar-refractivity contribution >= 4 is 17.9 Å². The number of rotatable bonds is 6. The average molecular weight is 300 g/mol. The van der Waals surface area contributed by atoms with E-state index in [-0.39, 0.29) is 6.09 Å². The molecule has 0 bridgehead atoms. The smallest absolute Gasteiger partial charge is 0.410 e. The van der Waals surface area contributed by atoms with Crippen LogP contribution in [0.5, 0.6) is 0 Å². The number of thioether (sulfide) groups is 1. The summed E-state index contributed by atoms with van der Waals surface area (Å²) in [6.07, 6.45) is 4.41. The topological polar surface area (TPSA) is 41.6 Å². The van der Waals surface area contributed by atoms with Crippen molar-refractivity contribution in [2.75, 3.05) is 24.6 Å². The van der Waals surface area contributed by atoms with Crippen LogP contribution in [-0.4, -0.2) is 53.3 Å². The maximum Gasteiger partial charge on any atom is 0.410 e. The third kappa shape index (κ3) is 5.52. The first kappa shape index (κ1) is 16.0. The van der Waals surface area contributed by atoms with E-state index in [0.717, 1.165) is 32.4 Å². The van der Waals surface area contributed by atoms with Crippen LogP contribution in [0.25, 0.3) is 0 Å². The molecule has 4 nitrogen and oxygen atoms in total. The summed E-state index contributed by atoms with van der Waals surface area (Å²) < 4.78 is 5.49. The molecule has 1 unspecified atom stereocenters. The van der Waals surface area contributed by atoms with E-state index < -0.39 is 5.60 Å². The lowest BCUT2D eigenvalue weighted by Gasteiger charge is -2.27. The maximum atomic E-state index is 12.2. The molecule has 116 valence electrons. The highest BCUT2D eigenvalue weighted by molar-refractivity contribution is 7.99. The van der Waals surface area contributed by atoms with Crippen molar-refractivity contribution in [3.8, 4) is 0 Å². The minimum absolute atomic E-state index is 0.142. The second kappa shape index (κ2) is 7.03. The van der Waals surface area contributed by atoms with E-state index in [1.54, 1.807) is 0 Å². The summed E-state index contributed by atoms with van der Waals surface area (Å²) in [5.41, 5.74) is -0.399. The molecule has 2 rings (SSSR count). The average Bonchev–Trinajstić information content (AvgIpc) is 3.03. The SMILES string of the molecule is CC(C)(C)OC(=O)N(CCCNC1CCSC1)C1CC1. The summed E-state index contributed by atoms with van der Waals surface area (Å²) in [7, 11) is 0. The zero-order valence-corrected chi connectivity index (χ0v) is 13.8. The van der Waals surface area contributed by atoms with Crippen LogP contribution in [0.15, 0.2) is 0 Å². The standard InChI is InChI=1S/C15H28N2O2S/c1-15(2,3)19-14(18)17(13-5-6-13)9-4-8-16-12-7-10-20-11-12/h12-13,16H,4-11H2,1-3H3. The van der Waals surface area contributed by atoms with Gasteiger partial charge >= 0.3 is 6.09 Å². The predicted molar refractivity (Wildman–Crippen MR) is 84.3 cm³/mol. The maximum absolute atomic E-state index is 12.2. The van der Waals surface area contributed by atoms with E-state index in [0.29, 0.717) is 12.1 Å². The molecule has 0 radical (unpaired) electrons. The van der Waals surface area contributed by atoms with Crippen molar-refractivity contribution in [3.05, 3.63) is 0 Å². The second-order valence-electron chi connectivity index (χ2n) is 6.77. The monoisotopic (exact) mass is 300 g/mol. The Balaban J connectivity index is 1.68. The number of nitrogens with one attached hydrogen (secondary N) is 1. The van der Waals surface area contributed by atoms with Crippen LogP contribution < -0.4 is 5.32 Å². The van der Waals surface area contributed by atoms with E-state index in [1.807, 2.05) is 37.4 Å². The molecule has 20 heavy (non-hydrogen) atoms. The van der Waals surface area contributed by atoms with Gasteiger partial charge in [-0.3, -0.25) is 0 Å². The van der Waals surface area contributed by atoms with Crippen molar-refractivity contribution in [1.29, 1.82) is 0 Å². The molecule has 1 aliphatic carbocycles. The Labute approximate surface area is 127 Å². The van der Waals surface area contributed by atoms with Crippen molar-refractivity contribution in [2.24, 2.45) is 0 Å². The Hall–Kier alpha value is -0.420. The fourth-order valence-corrected chi connectivity index (χ4v) is 3.57. The van der Waals surface area contributed by atoms with Gasteiger partial charge in [-0.2, -0.15) is 11.8 Å². The lowest BCUT2D eigenvalue weighted by Crippen LogP contribution is -2.40. The predicted octanol–water partition coefficient (Wildman–Crippen LogP) is 2.87. The summed E-state index contributed by atoms with van der Waals surface area (Å²) in [6.45, 7) is 7.59. The second-order valence-corrected chi connectivity index (χ2v) is 7.92. The van der Waals surface area contributed by atoms with Gasteiger partial charge in [0, 0.05) is 24.4 Å². The fourth-order valence-electron chi connectivity index (χ4n) is 2.38. The summed E-state index contributed by atoms with van der Waals surface area (Å²) in [5.74, 6) is 2.52. The van der Waals surface area contributed by atoms with Crippen molar-refractivity contribution in [2.45, 2.75) is 64.1 Å². The zero-order chi connectivity index (χ0) is 14.6. The Morgan fingerprint density at radius 1 is 1.35 bits per heavy atom. The Kier molecular flexibility index (Phi) is 5.61. The van der Waals surface area contributed by atoms with Gasteiger partial charge in [-0.1, -0.05) is 0 Å². The van der Waals surface area contributed by atoms with Gasteiger partial charge in [-0.15, -0.1) is 0 Å². The molecular formula is C15H28N2O2S. The van der Waals surface area contributed by atoms with Gasteiger partial charge in [0.1, 0.15) is 5.60 Å². The Bertz CT molecular complexity index is 320. The number of hydrogen-bond acceptors (Lipinski definition) is 4. The largest absolute Gasteiger partial charge is 0.444 e. The molecule has 0 aromatic heterocycles. The number of ether oxygens (including phenoxy) is 1. The van der Waals surface area contributed by atoms with Crippen molar-refractivity contribution in [1.82, 2.24) is 10.2 Å². The summed E-state index contributed by atoms with van der Waals surface area (Å²) in [6, 6.07) is 1.10. The molecule has 5 heteroatoms. The van der Waals surface area contributed by atoms with Gasteiger partial charge in [-0.25, -0.2) is 4.79 Å². The van der Waals surface area contributed by atoms with Crippen molar-refractivity contribution < 1.29 is 9.53 Å². The highest BCUT2D eigenvalue weighted by atomic mass is 32.2. The number of hydrogen-bond donors (Lipinski definition) is 1. The van der Waals surface area contributed by atoms with E-state index in [9.17, 15) is 4.79 Å². The molecule has 1 N–H and O–H groups in total. The van der Waals surface area contributed by atoms with Crippen LogP contribution in [0, 0.1) is 0 Å². The third-order valence-corrected chi connectivity index (χ3v) is 4.72. The summed E-state index contributed by atoms with van der Waals surface area (Å²) in [5, 5.41) is 3.58. The lowest BCUT2D eigenvalue weighted by molar-refractivity contribution is 0.0232. The van der Waals surface area contributed by atoms with Gasteiger partial charge in [-0.05, 0) is 58.8 Å². The Morgan fingerprint density at radius 3 is 2.65 bits per heavy atom. The third-order valence-electron chi connectivity index (χ3n) is 3.55. The quantitative estimate of drug-likeness (QED) is 0.766. The molecule has 1 aliphatic heterocycles.